The van der Waals surface area contributed by atoms with Gasteiger partial charge in [0.2, 0.25) is 0 Å². The van der Waals surface area contributed by atoms with E-state index in [0.29, 0.717) is 5.59 Å². The molecule has 2 N–H and O–H groups in total. The molecule has 1 aromatic heterocycles. The Kier molecular flexibility index (Phi) is 3.28. The van der Waals surface area contributed by atoms with Crippen LogP contribution in [0.1, 0.15) is 27.7 Å². The first-order valence-electron chi connectivity index (χ1n) is 6.04. The first-order valence-corrected chi connectivity index (χ1v) is 6.04. The van der Waals surface area contributed by atoms with E-state index in [1.807, 2.05) is 27.7 Å². The highest BCUT2D eigenvalue weighted by Crippen LogP contribution is 2.36. The van der Waals surface area contributed by atoms with Gasteiger partial charge < -0.3 is 14.4 Å². The number of nitrogens with one attached hydrogen (secondary N) is 1. The van der Waals surface area contributed by atoms with Crippen LogP contribution in [0.3, 0.4) is 0 Å². The lowest BCUT2D eigenvalue weighted by Gasteiger charge is -2.32. The van der Waals surface area contributed by atoms with Gasteiger partial charge in [-0.1, -0.05) is 6.07 Å². The van der Waals surface area contributed by atoms with E-state index in [1.165, 1.54) is 0 Å². The highest BCUT2D eigenvalue weighted by atomic mass is 16.7. The Balaban J connectivity index is 2.22. The van der Waals surface area contributed by atoms with Crippen molar-refractivity contribution in [1.82, 2.24) is 4.98 Å². The minimum atomic E-state index is -1.15. The molecule has 19 heavy (non-hydrogen) atoms. The fourth-order valence-electron chi connectivity index (χ4n) is 1.73. The lowest BCUT2D eigenvalue weighted by molar-refractivity contribution is 0.00578. The average molecular weight is 264 g/mol. The van der Waals surface area contributed by atoms with Crippen molar-refractivity contribution in [1.29, 1.82) is 0 Å². The number of carboxylic acid groups (broad SMARTS) is 1. The molecule has 0 aromatic carbocycles. The van der Waals surface area contributed by atoms with E-state index in [1.54, 1.807) is 18.2 Å². The first kappa shape index (κ1) is 13.8. The molecule has 0 aliphatic carbocycles. The number of nitrogens with zero attached hydrogens (tertiary/aromatic N) is 1. The quantitative estimate of drug-likeness (QED) is 0.790. The van der Waals surface area contributed by atoms with Crippen molar-refractivity contribution in [2.24, 2.45) is 0 Å². The zero-order valence-corrected chi connectivity index (χ0v) is 11.4. The van der Waals surface area contributed by atoms with Crippen molar-refractivity contribution in [2.75, 3.05) is 5.32 Å². The van der Waals surface area contributed by atoms with Crippen LogP contribution in [0.5, 0.6) is 0 Å². The summed E-state index contributed by atoms with van der Waals surface area (Å²) < 4.78 is 11.7. The van der Waals surface area contributed by atoms with Crippen LogP contribution in [0.2, 0.25) is 0 Å². The number of rotatable bonds is 2. The molecule has 6 nitrogen and oxygen atoms in total. The van der Waals surface area contributed by atoms with Gasteiger partial charge in [-0.05, 0) is 39.8 Å². The van der Waals surface area contributed by atoms with Gasteiger partial charge in [0, 0.05) is 0 Å². The fraction of sp³-hybridized carbons (Fsp3) is 0.500. The van der Waals surface area contributed by atoms with Gasteiger partial charge >= 0.3 is 13.2 Å². The number of amides is 1. The molecule has 1 aromatic rings. The van der Waals surface area contributed by atoms with Crippen molar-refractivity contribution in [3.05, 3.63) is 18.2 Å². The molecule has 0 saturated carbocycles. The summed E-state index contributed by atoms with van der Waals surface area (Å²) in [4.78, 5) is 14.8. The summed E-state index contributed by atoms with van der Waals surface area (Å²) in [6.07, 6.45) is -1.15. The van der Waals surface area contributed by atoms with Crippen LogP contribution >= 0.6 is 0 Å². The Morgan fingerprint density at radius 3 is 2.37 bits per heavy atom. The van der Waals surface area contributed by atoms with Crippen LogP contribution in [-0.2, 0) is 9.31 Å². The lowest BCUT2D eigenvalue weighted by atomic mass is 9.84. The normalized spacial score (nSPS) is 20.3. The van der Waals surface area contributed by atoms with Crippen molar-refractivity contribution < 1.29 is 19.2 Å². The number of carbonyl (C=O) groups is 1. The third kappa shape index (κ3) is 2.72. The van der Waals surface area contributed by atoms with Gasteiger partial charge in [0.25, 0.3) is 0 Å². The van der Waals surface area contributed by atoms with Crippen molar-refractivity contribution in [2.45, 2.75) is 38.9 Å². The smallest absolute Gasteiger partial charge is 0.465 e. The average Bonchev–Trinajstić information content (AvgIpc) is 2.47. The molecular weight excluding hydrogens is 247 g/mol. The van der Waals surface area contributed by atoms with Gasteiger partial charge in [-0.3, -0.25) is 5.32 Å². The molecule has 0 radical (unpaired) electrons. The van der Waals surface area contributed by atoms with E-state index in [0.717, 1.165) is 0 Å². The molecule has 0 unspecified atom stereocenters. The Labute approximate surface area is 112 Å². The molecule has 7 heteroatoms. The number of aromatic nitrogens is 1. The van der Waals surface area contributed by atoms with Crippen LogP contribution in [0.4, 0.5) is 10.6 Å². The molecule has 2 heterocycles. The molecule has 1 aliphatic heterocycles. The third-order valence-electron chi connectivity index (χ3n) is 3.50. The summed E-state index contributed by atoms with van der Waals surface area (Å²) >= 11 is 0. The SMILES string of the molecule is CC1(C)OB(c2cccc(NC(=O)O)n2)OC1(C)C. The number of hydrogen-bond donors (Lipinski definition) is 2. The summed E-state index contributed by atoms with van der Waals surface area (Å²) in [5.74, 6) is 0.250. The number of anilines is 1. The molecule has 1 aliphatic rings. The van der Waals surface area contributed by atoms with Crippen molar-refractivity contribution >= 4 is 24.6 Å². The van der Waals surface area contributed by atoms with Gasteiger partial charge in [-0.25, -0.2) is 9.78 Å². The molecule has 0 atom stereocenters. The van der Waals surface area contributed by atoms with E-state index in [4.69, 9.17) is 14.4 Å². The Morgan fingerprint density at radius 2 is 1.84 bits per heavy atom. The predicted molar refractivity (Wildman–Crippen MR) is 71.6 cm³/mol. The molecular formula is C12H17BN2O4. The van der Waals surface area contributed by atoms with E-state index in [2.05, 4.69) is 10.3 Å². The predicted octanol–water partition coefficient (Wildman–Crippen LogP) is 1.47. The topological polar surface area (TPSA) is 80.7 Å². The number of hydrogen-bond acceptors (Lipinski definition) is 4. The second-order valence-corrected chi connectivity index (χ2v) is 5.47. The maximum absolute atomic E-state index is 10.6. The maximum atomic E-state index is 10.6. The molecule has 102 valence electrons. The van der Waals surface area contributed by atoms with Gasteiger partial charge in [0.15, 0.2) is 0 Å². The summed E-state index contributed by atoms with van der Waals surface area (Å²) in [6.45, 7) is 7.80. The largest absolute Gasteiger partial charge is 0.514 e. The lowest BCUT2D eigenvalue weighted by Crippen LogP contribution is -2.41. The minimum absolute atomic E-state index is 0.250. The Hall–Kier alpha value is -1.60. The van der Waals surface area contributed by atoms with E-state index in [-0.39, 0.29) is 5.82 Å². The van der Waals surface area contributed by atoms with Gasteiger partial charge in [0.1, 0.15) is 5.82 Å². The standard InChI is InChI=1S/C12H17BN2O4/c1-11(2)12(3,4)19-13(18-11)8-6-5-7-9(14-8)15-10(16)17/h5-7H,1-4H3,(H,14,15)(H,16,17). The van der Waals surface area contributed by atoms with Gasteiger partial charge in [-0.15, -0.1) is 0 Å². The van der Waals surface area contributed by atoms with E-state index < -0.39 is 24.4 Å². The Morgan fingerprint density at radius 1 is 1.26 bits per heavy atom. The van der Waals surface area contributed by atoms with Crippen LogP contribution < -0.4 is 10.9 Å². The van der Waals surface area contributed by atoms with Crippen LogP contribution in [-0.4, -0.2) is 34.5 Å². The molecule has 2 rings (SSSR count). The highest BCUT2D eigenvalue weighted by molar-refractivity contribution is 6.61. The Bertz CT molecular complexity index is 488. The summed E-state index contributed by atoms with van der Waals surface area (Å²) in [5, 5.41) is 10.9. The van der Waals surface area contributed by atoms with Crippen LogP contribution in [0.25, 0.3) is 0 Å². The minimum Gasteiger partial charge on any atom is -0.465 e. The second kappa shape index (κ2) is 4.50. The van der Waals surface area contributed by atoms with Gasteiger partial charge in [-0.2, -0.15) is 0 Å². The maximum Gasteiger partial charge on any atom is 0.514 e. The van der Waals surface area contributed by atoms with E-state index in [9.17, 15) is 4.79 Å². The summed E-state index contributed by atoms with van der Waals surface area (Å²) in [5.41, 5.74) is -0.351. The summed E-state index contributed by atoms with van der Waals surface area (Å²) in [7, 11) is -0.597. The third-order valence-corrected chi connectivity index (χ3v) is 3.50. The first-order chi connectivity index (χ1) is 8.71. The summed E-state index contributed by atoms with van der Waals surface area (Å²) in [6, 6.07) is 5.02. The molecule has 0 bridgehead atoms. The number of pyridine rings is 1. The van der Waals surface area contributed by atoms with Crippen molar-refractivity contribution in [3.63, 3.8) is 0 Å². The van der Waals surface area contributed by atoms with Crippen LogP contribution in [0, 0.1) is 0 Å². The van der Waals surface area contributed by atoms with Crippen LogP contribution in [0.15, 0.2) is 18.2 Å². The molecule has 0 spiro atoms. The second-order valence-electron chi connectivity index (χ2n) is 5.47. The molecule has 1 amide bonds. The monoisotopic (exact) mass is 264 g/mol. The van der Waals surface area contributed by atoms with Gasteiger partial charge in [0.05, 0.1) is 16.8 Å². The molecule has 1 fully saturated rings. The zero-order valence-electron chi connectivity index (χ0n) is 11.4. The van der Waals surface area contributed by atoms with Crippen molar-refractivity contribution in [3.8, 4) is 0 Å². The molecule has 1 saturated heterocycles. The fourth-order valence-corrected chi connectivity index (χ4v) is 1.73. The van der Waals surface area contributed by atoms with E-state index >= 15 is 0 Å². The zero-order chi connectivity index (χ0) is 14.3. The highest BCUT2D eigenvalue weighted by Gasteiger charge is 2.52.